The third kappa shape index (κ3) is 4.83. The molecule has 1 aromatic carbocycles. The summed E-state index contributed by atoms with van der Waals surface area (Å²) in [5, 5.41) is 12.3. The predicted molar refractivity (Wildman–Crippen MR) is 81.8 cm³/mol. The van der Waals surface area contributed by atoms with Gasteiger partial charge in [-0.05, 0) is 24.3 Å². The number of hydrogen-bond donors (Lipinski definition) is 2. The van der Waals surface area contributed by atoms with Gasteiger partial charge in [-0.2, -0.15) is 0 Å². The second-order valence-electron chi connectivity index (χ2n) is 5.82. The van der Waals surface area contributed by atoms with E-state index < -0.39 is 0 Å². The highest BCUT2D eigenvalue weighted by atomic mass is 16.5. The van der Waals surface area contributed by atoms with Gasteiger partial charge in [0.15, 0.2) is 0 Å². The molecule has 3 unspecified atom stereocenters. The number of aliphatic hydroxyl groups excluding tert-OH is 1. The zero-order valence-corrected chi connectivity index (χ0v) is 12.6. The molecule has 1 aliphatic rings. The van der Waals surface area contributed by atoms with Crippen molar-refractivity contribution in [2.24, 2.45) is 5.92 Å². The van der Waals surface area contributed by atoms with E-state index >= 15 is 0 Å². The van der Waals surface area contributed by atoms with Crippen LogP contribution in [0.4, 0.5) is 0 Å². The molecule has 1 amide bonds. The Labute approximate surface area is 126 Å². The van der Waals surface area contributed by atoms with Crippen molar-refractivity contribution in [3.05, 3.63) is 35.9 Å². The summed E-state index contributed by atoms with van der Waals surface area (Å²) in [4.78, 5) is 12.0. The Kier molecular flexibility index (Phi) is 6.21. The Morgan fingerprint density at radius 2 is 2.05 bits per heavy atom. The molecule has 0 spiro atoms. The lowest BCUT2D eigenvalue weighted by Crippen LogP contribution is -2.36. The van der Waals surface area contributed by atoms with Gasteiger partial charge in [-0.25, -0.2) is 0 Å². The summed E-state index contributed by atoms with van der Waals surface area (Å²) in [7, 11) is 0. The first-order valence-electron chi connectivity index (χ1n) is 7.77. The molecule has 21 heavy (non-hydrogen) atoms. The lowest BCUT2D eigenvalue weighted by atomic mass is 9.88. The molecule has 0 bridgehead atoms. The molecule has 0 radical (unpaired) electrons. The van der Waals surface area contributed by atoms with E-state index in [1.165, 1.54) is 19.3 Å². The van der Waals surface area contributed by atoms with Crippen LogP contribution in [0.25, 0.3) is 0 Å². The quantitative estimate of drug-likeness (QED) is 0.846. The fourth-order valence-corrected chi connectivity index (χ4v) is 2.87. The second kappa shape index (κ2) is 8.15. The van der Waals surface area contributed by atoms with E-state index in [4.69, 9.17) is 4.74 Å². The van der Waals surface area contributed by atoms with Crippen molar-refractivity contribution >= 4 is 5.91 Å². The maximum atomic E-state index is 12.0. The zero-order chi connectivity index (χ0) is 15.1. The standard InChI is InChI=1S/C17H25NO3/c1-13-7-5-6-10-16(13)21-12-17(20)18-15(11-19)14-8-3-2-4-9-14/h2-4,8-9,13,15-16,19H,5-7,10-12H2,1H3,(H,18,20). The number of hydrogen-bond acceptors (Lipinski definition) is 3. The molecule has 1 aliphatic carbocycles. The largest absolute Gasteiger partial charge is 0.394 e. The molecule has 1 aromatic rings. The molecule has 1 saturated carbocycles. The Morgan fingerprint density at radius 3 is 2.71 bits per heavy atom. The summed E-state index contributed by atoms with van der Waals surface area (Å²) in [5.74, 6) is 0.352. The van der Waals surface area contributed by atoms with E-state index in [1.54, 1.807) is 0 Å². The van der Waals surface area contributed by atoms with Gasteiger partial charge >= 0.3 is 0 Å². The molecule has 3 atom stereocenters. The van der Waals surface area contributed by atoms with E-state index in [0.717, 1.165) is 12.0 Å². The van der Waals surface area contributed by atoms with Crippen LogP contribution in [0, 0.1) is 5.92 Å². The van der Waals surface area contributed by atoms with Crippen molar-refractivity contribution < 1.29 is 14.6 Å². The van der Waals surface area contributed by atoms with E-state index in [0.29, 0.717) is 5.92 Å². The lowest BCUT2D eigenvalue weighted by molar-refractivity contribution is -0.130. The summed E-state index contributed by atoms with van der Waals surface area (Å²) < 4.78 is 5.74. The first-order chi connectivity index (χ1) is 10.2. The average Bonchev–Trinajstić information content (AvgIpc) is 2.52. The normalized spacial score (nSPS) is 23.5. The minimum Gasteiger partial charge on any atom is -0.394 e. The van der Waals surface area contributed by atoms with E-state index in [2.05, 4.69) is 12.2 Å². The number of aliphatic hydroxyl groups is 1. The van der Waals surface area contributed by atoms with Crippen LogP contribution in [0.5, 0.6) is 0 Å². The van der Waals surface area contributed by atoms with Crippen molar-refractivity contribution in [3.8, 4) is 0 Å². The van der Waals surface area contributed by atoms with Gasteiger partial charge in [0.25, 0.3) is 0 Å². The van der Waals surface area contributed by atoms with Crippen molar-refractivity contribution in [2.75, 3.05) is 13.2 Å². The van der Waals surface area contributed by atoms with E-state index in [1.807, 2.05) is 30.3 Å². The SMILES string of the molecule is CC1CCCCC1OCC(=O)NC(CO)c1ccccc1. The monoisotopic (exact) mass is 291 g/mol. The van der Waals surface area contributed by atoms with Crippen LogP contribution in [-0.2, 0) is 9.53 Å². The number of nitrogens with one attached hydrogen (secondary N) is 1. The minimum absolute atomic E-state index is 0.0678. The molecule has 116 valence electrons. The fourth-order valence-electron chi connectivity index (χ4n) is 2.87. The first-order valence-corrected chi connectivity index (χ1v) is 7.77. The third-order valence-corrected chi connectivity index (χ3v) is 4.18. The van der Waals surface area contributed by atoms with Gasteiger partial charge in [-0.3, -0.25) is 4.79 Å². The zero-order valence-electron chi connectivity index (χ0n) is 12.6. The summed E-state index contributed by atoms with van der Waals surface area (Å²) in [6.45, 7) is 2.14. The van der Waals surface area contributed by atoms with Gasteiger partial charge in [0.05, 0.1) is 18.8 Å². The summed E-state index contributed by atoms with van der Waals surface area (Å²) >= 11 is 0. The van der Waals surface area contributed by atoms with Gasteiger partial charge in [0.2, 0.25) is 5.91 Å². The highest BCUT2D eigenvalue weighted by Crippen LogP contribution is 2.26. The van der Waals surface area contributed by atoms with Gasteiger partial charge in [-0.15, -0.1) is 0 Å². The maximum absolute atomic E-state index is 12.0. The first kappa shape index (κ1) is 16.0. The molecule has 0 heterocycles. The van der Waals surface area contributed by atoms with Crippen LogP contribution in [0.3, 0.4) is 0 Å². The second-order valence-corrected chi connectivity index (χ2v) is 5.82. The highest BCUT2D eigenvalue weighted by Gasteiger charge is 2.23. The third-order valence-electron chi connectivity index (χ3n) is 4.18. The van der Waals surface area contributed by atoms with Gasteiger partial charge in [-0.1, -0.05) is 50.1 Å². The van der Waals surface area contributed by atoms with Crippen molar-refractivity contribution in [3.63, 3.8) is 0 Å². The number of ether oxygens (including phenoxy) is 1. The molecule has 0 saturated heterocycles. The van der Waals surface area contributed by atoms with Crippen LogP contribution in [0.15, 0.2) is 30.3 Å². The summed E-state index contributed by atoms with van der Waals surface area (Å²) in [6.07, 6.45) is 4.84. The molecule has 0 aromatic heterocycles. The number of amides is 1. The summed E-state index contributed by atoms with van der Waals surface area (Å²) in [5.41, 5.74) is 0.902. The molecule has 1 fully saturated rings. The van der Waals surface area contributed by atoms with Crippen LogP contribution in [0.1, 0.15) is 44.2 Å². The van der Waals surface area contributed by atoms with Crippen molar-refractivity contribution in [1.82, 2.24) is 5.32 Å². The van der Waals surface area contributed by atoms with Crippen molar-refractivity contribution in [2.45, 2.75) is 44.8 Å². The molecule has 2 N–H and O–H groups in total. The number of benzene rings is 1. The highest BCUT2D eigenvalue weighted by molar-refractivity contribution is 5.77. The van der Waals surface area contributed by atoms with Crippen LogP contribution in [-0.4, -0.2) is 30.3 Å². The van der Waals surface area contributed by atoms with E-state index in [9.17, 15) is 9.90 Å². The molecule has 4 nitrogen and oxygen atoms in total. The van der Waals surface area contributed by atoms with Crippen LogP contribution < -0.4 is 5.32 Å². The minimum atomic E-state index is -0.369. The van der Waals surface area contributed by atoms with Gasteiger partial charge in [0, 0.05) is 0 Å². The van der Waals surface area contributed by atoms with Crippen molar-refractivity contribution in [1.29, 1.82) is 0 Å². The van der Waals surface area contributed by atoms with Gasteiger partial charge in [0.1, 0.15) is 6.61 Å². The smallest absolute Gasteiger partial charge is 0.246 e. The molecule has 0 aliphatic heterocycles. The molecular formula is C17H25NO3. The number of carbonyl (C=O) groups is 1. The number of carbonyl (C=O) groups excluding carboxylic acids is 1. The Hall–Kier alpha value is -1.39. The Morgan fingerprint density at radius 1 is 1.33 bits per heavy atom. The fraction of sp³-hybridized carbons (Fsp3) is 0.588. The van der Waals surface area contributed by atoms with Gasteiger partial charge < -0.3 is 15.2 Å². The molecule has 2 rings (SSSR count). The molecular weight excluding hydrogens is 266 g/mol. The van der Waals surface area contributed by atoms with E-state index in [-0.39, 0.29) is 31.3 Å². The molecule has 4 heteroatoms. The lowest BCUT2D eigenvalue weighted by Gasteiger charge is -2.28. The average molecular weight is 291 g/mol. The van der Waals surface area contributed by atoms with Crippen LogP contribution in [0.2, 0.25) is 0 Å². The Bertz CT molecular complexity index is 435. The van der Waals surface area contributed by atoms with Crippen LogP contribution >= 0.6 is 0 Å². The Balaban J connectivity index is 1.80. The maximum Gasteiger partial charge on any atom is 0.246 e. The predicted octanol–water partition coefficient (Wildman–Crippen LogP) is 2.43. The number of rotatable bonds is 6. The summed E-state index contributed by atoms with van der Waals surface area (Å²) in [6, 6.07) is 9.12. The topological polar surface area (TPSA) is 58.6 Å².